The van der Waals surface area contributed by atoms with Gasteiger partial charge in [-0.2, -0.15) is 0 Å². The van der Waals surface area contributed by atoms with Crippen molar-refractivity contribution in [1.29, 1.82) is 0 Å². The van der Waals surface area contributed by atoms with Crippen LogP contribution in [0.2, 0.25) is 0 Å². The van der Waals surface area contributed by atoms with Crippen LogP contribution in [0.25, 0.3) is 0 Å². The smallest absolute Gasteiger partial charge is 0.317 e. The highest BCUT2D eigenvalue weighted by molar-refractivity contribution is 5.74. The van der Waals surface area contributed by atoms with Crippen molar-refractivity contribution in [2.75, 3.05) is 26.2 Å². The first kappa shape index (κ1) is 13.0. The topological polar surface area (TPSA) is 52.6 Å². The van der Waals surface area contributed by atoms with E-state index in [1.165, 1.54) is 0 Å². The maximum absolute atomic E-state index is 11.5. The van der Waals surface area contributed by atoms with Gasteiger partial charge in [0.05, 0.1) is 6.61 Å². The number of rotatable bonds is 7. The van der Waals surface area contributed by atoms with E-state index in [1.807, 2.05) is 0 Å². The number of urea groups is 1. The highest BCUT2D eigenvalue weighted by Gasteiger charge is 2.10. The van der Waals surface area contributed by atoms with Gasteiger partial charge in [-0.3, -0.25) is 0 Å². The second kappa shape index (κ2) is 8.56. The number of carbonyl (C=O) groups is 1. The van der Waals surface area contributed by atoms with Gasteiger partial charge in [0.25, 0.3) is 0 Å². The van der Waals surface area contributed by atoms with Crippen molar-refractivity contribution in [2.45, 2.75) is 19.8 Å². The summed E-state index contributed by atoms with van der Waals surface area (Å²) in [5, 5.41) is 11.5. The summed E-state index contributed by atoms with van der Waals surface area (Å²) in [7, 11) is 0. The number of aliphatic hydroxyl groups excluding tert-OH is 1. The number of nitrogens with one attached hydrogen (secondary N) is 1. The highest BCUT2D eigenvalue weighted by atomic mass is 16.3. The number of hydrogen-bond acceptors (Lipinski definition) is 2. The fourth-order valence-electron chi connectivity index (χ4n) is 1.06. The van der Waals surface area contributed by atoms with Gasteiger partial charge in [0.1, 0.15) is 0 Å². The first-order chi connectivity index (χ1) is 6.76. The van der Waals surface area contributed by atoms with Gasteiger partial charge in [0, 0.05) is 19.6 Å². The Morgan fingerprint density at radius 1 is 1.57 bits per heavy atom. The molecule has 0 aliphatic heterocycles. The molecule has 4 heteroatoms. The normalized spacial score (nSPS) is 9.57. The summed E-state index contributed by atoms with van der Waals surface area (Å²) in [4.78, 5) is 13.1. The van der Waals surface area contributed by atoms with Crippen molar-refractivity contribution in [2.24, 2.45) is 0 Å². The van der Waals surface area contributed by atoms with Crippen molar-refractivity contribution < 1.29 is 9.90 Å². The lowest BCUT2D eigenvalue weighted by Crippen LogP contribution is -2.42. The van der Waals surface area contributed by atoms with Crippen molar-refractivity contribution in [3.05, 3.63) is 12.7 Å². The Labute approximate surface area is 85.6 Å². The Morgan fingerprint density at radius 3 is 2.79 bits per heavy atom. The van der Waals surface area contributed by atoms with Crippen molar-refractivity contribution in [1.82, 2.24) is 10.2 Å². The van der Waals surface area contributed by atoms with Crippen LogP contribution in [0.5, 0.6) is 0 Å². The summed E-state index contributed by atoms with van der Waals surface area (Å²) in [6.07, 6.45) is 3.63. The minimum atomic E-state index is -0.132. The maximum Gasteiger partial charge on any atom is 0.317 e. The van der Waals surface area contributed by atoms with Gasteiger partial charge in [0.15, 0.2) is 0 Å². The van der Waals surface area contributed by atoms with E-state index in [0.717, 1.165) is 12.8 Å². The van der Waals surface area contributed by atoms with Crippen molar-refractivity contribution in [3.8, 4) is 0 Å². The van der Waals surface area contributed by atoms with E-state index in [-0.39, 0.29) is 12.6 Å². The minimum absolute atomic E-state index is 0.00518. The van der Waals surface area contributed by atoms with Gasteiger partial charge in [-0.05, 0) is 6.42 Å². The largest absolute Gasteiger partial charge is 0.395 e. The van der Waals surface area contributed by atoms with Crippen LogP contribution < -0.4 is 5.32 Å². The molecule has 0 fully saturated rings. The van der Waals surface area contributed by atoms with Gasteiger partial charge in [-0.25, -0.2) is 4.79 Å². The van der Waals surface area contributed by atoms with Gasteiger partial charge < -0.3 is 15.3 Å². The molecule has 0 saturated carbocycles. The molecule has 0 rings (SSSR count). The zero-order valence-electron chi connectivity index (χ0n) is 8.83. The van der Waals surface area contributed by atoms with E-state index >= 15 is 0 Å². The van der Waals surface area contributed by atoms with E-state index in [4.69, 9.17) is 5.11 Å². The molecule has 0 atom stereocenters. The Kier molecular flexibility index (Phi) is 7.93. The number of carbonyl (C=O) groups excluding carboxylic acids is 1. The lowest BCUT2D eigenvalue weighted by molar-refractivity contribution is 0.177. The van der Waals surface area contributed by atoms with Crippen LogP contribution in [0.1, 0.15) is 19.8 Å². The number of nitrogens with zero attached hydrogens (tertiary/aromatic N) is 1. The van der Waals surface area contributed by atoms with Crippen molar-refractivity contribution in [3.63, 3.8) is 0 Å². The van der Waals surface area contributed by atoms with Crippen LogP contribution in [0.15, 0.2) is 12.7 Å². The first-order valence-corrected chi connectivity index (χ1v) is 5.00. The van der Waals surface area contributed by atoms with Crippen LogP contribution in [0.4, 0.5) is 4.79 Å². The maximum atomic E-state index is 11.5. The first-order valence-electron chi connectivity index (χ1n) is 5.00. The summed E-state index contributed by atoms with van der Waals surface area (Å²) >= 11 is 0. The van der Waals surface area contributed by atoms with Crippen molar-refractivity contribution >= 4 is 6.03 Å². The summed E-state index contributed by atoms with van der Waals surface area (Å²) in [6.45, 7) is 7.14. The Morgan fingerprint density at radius 2 is 2.29 bits per heavy atom. The molecule has 0 aromatic carbocycles. The molecule has 0 bridgehead atoms. The molecule has 4 nitrogen and oxygen atoms in total. The number of hydrogen-bond donors (Lipinski definition) is 2. The zero-order chi connectivity index (χ0) is 10.8. The third-order valence-electron chi connectivity index (χ3n) is 1.84. The molecule has 82 valence electrons. The summed E-state index contributed by atoms with van der Waals surface area (Å²) in [5.74, 6) is 0. The minimum Gasteiger partial charge on any atom is -0.395 e. The molecule has 0 radical (unpaired) electrons. The molecule has 14 heavy (non-hydrogen) atoms. The molecule has 0 aliphatic rings. The molecule has 0 heterocycles. The lowest BCUT2D eigenvalue weighted by Gasteiger charge is -2.21. The molecule has 0 saturated heterocycles. The Balaban J connectivity index is 3.89. The molecule has 2 N–H and O–H groups in total. The van der Waals surface area contributed by atoms with Crippen LogP contribution in [0, 0.1) is 0 Å². The molecule has 0 unspecified atom stereocenters. The fourth-order valence-corrected chi connectivity index (χ4v) is 1.06. The third kappa shape index (κ3) is 5.59. The van der Waals surface area contributed by atoms with E-state index < -0.39 is 0 Å². The second-order valence-electron chi connectivity index (χ2n) is 3.04. The monoisotopic (exact) mass is 200 g/mol. The van der Waals surface area contributed by atoms with E-state index in [0.29, 0.717) is 19.6 Å². The predicted octanol–water partition coefficient (Wildman–Crippen LogP) is 0.976. The number of aliphatic hydroxyl groups is 1. The van der Waals surface area contributed by atoms with Crippen LogP contribution in [0.3, 0.4) is 0 Å². The molecule has 0 aromatic rings. The van der Waals surface area contributed by atoms with E-state index in [9.17, 15) is 4.79 Å². The standard InChI is InChI=1S/C10H20N2O2/c1-3-5-7-12(8-9-13)10(14)11-6-4-2/h4,13H,2-3,5-9H2,1H3,(H,11,14). The van der Waals surface area contributed by atoms with Crippen LogP contribution >= 0.6 is 0 Å². The zero-order valence-corrected chi connectivity index (χ0v) is 8.83. The van der Waals surface area contributed by atoms with Crippen LogP contribution in [-0.2, 0) is 0 Å². The quantitative estimate of drug-likeness (QED) is 0.602. The summed E-state index contributed by atoms with van der Waals surface area (Å²) < 4.78 is 0. The molecule has 0 aromatic heterocycles. The second-order valence-corrected chi connectivity index (χ2v) is 3.04. The molecule has 0 aliphatic carbocycles. The average Bonchev–Trinajstić information content (AvgIpc) is 2.20. The van der Waals surface area contributed by atoms with E-state index in [1.54, 1.807) is 11.0 Å². The lowest BCUT2D eigenvalue weighted by atomic mass is 10.3. The Bertz CT molecular complexity index is 172. The molecule has 2 amide bonds. The van der Waals surface area contributed by atoms with Crippen LogP contribution in [-0.4, -0.2) is 42.3 Å². The fraction of sp³-hybridized carbons (Fsp3) is 0.700. The summed E-state index contributed by atoms with van der Waals surface area (Å²) in [5.41, 5.74) is 0. The third-order valence-corrected chi connectivity index (χ3v) is 1.84. The highest BCUT2D eigenvalue weighted by Crippen LogP contribution is 1.95. The number of unbranched alkanes of at least 4 members (excludes halogenated alkanes) is 1. The number of amides is 2. The van der Waals surface area contributed by atoms with E-state index in [2.05, 4.69) is 18.8 Å². The van der Waals surface area contributed by atoms with Gasteiger partial charge >= 0.3 is 6.03 Å². The van der Waals surface area contributed by atoms with Gasteiger partial charge in [-0.1, -0.05) is 19.4 Å². The van der Waals surface area contributed by atoms with Gasteiger partial charge in [-0.15, -0.1) is 6.58 Å². The molecular weight excluding hydrogens is 180 g/mol. The Hall–Kier alpha value is -1.03. The molecule has 0 spiro atoms. The average molecular weight is 200 g/mol. The molecular formula is C10H20N2O2. The SMILES string of the molecule is C=CCNC(=O)N(CCO)CCCC. The summed E-state index contributed by atoms with van der Waals surface area (Å²) in [6, 6.07) is -0.132. The van der Waals surface area contributed by atoms with Gasteiger partial charge in [0.2, 0.25) is 0 Å². The predicted molar refractivity (Wildman–Crippen MR) is 57.2 cm³/mol.